The van der Waals surface area contributed by atoms with Gasteiger partial charge in [-0.2, -0.15) is 8.42 Å². The molecule has 0 radical (unpaired) electrons. The molecular weight excluding hydrogens is 817 g/mol. The fourth-order valence-electron chi connectivity index (χ4n) is 9.85. The minimum Gasteiger partial charge on any atom is -0.292 e. The van der Waals surface area contributed by atoms with Crippen LogP contribution in [0.15, 0.2) is 65.6 Å². The van der Waals surface area contributed by atoms with E-state index in [0.717, 1.165) is 99.1 Å². The van der Waals surface area contributed by atoms with E-state index in [9.17, 15) is 13.0 Å². The average molecular weight is 905 g/mol. The van der Waals surface area contributed by atoms with Crippen molar-refractivity contribution in [3.05, 3.63) is 82.9 Å². The standard InChI is InChI=1S/C56H88O5S2/c1-5-9-13-17-21-25-29-35-48-39-40-51-45-49(36-30-26-22-18-14-10-6-2)47-54(53(51)46-48)62(57,58)61-63(59,60)55-52-38-32-31-37-50(52)41-44-56(55,42-33-27-23-19-15-11-7-3)43-34-28-24-20-16-12-8-4/h31-32,37-41,44-47H,5-30,33-36,42-43H2,1-4H3,(H,59,60). The van der Waals surface area contributed by atoms with Gasteiger partial charge in [-0.15, -0.1) is 3.63 Å². The van der Waals surface area contributed by atoms with Crippen molar-refractivity contribution in [3.63, 3.8) is 0 Å². The molecule has 0 bridgehead atoms. The smallest absolute Gasteiger partial charge is 0.292 e. The number of allylic oxidation sites excluding steroid dienone is 1. The van der Waals surface area contributed by atoms with Crippen LogP contribution in [-0.2, 0) is 36.7 Å². The van der Waals surface area contributed by atoms with Gasteiger partial charge in [-0.25, -0.2) is 4.21 Å². The molecule has 1 N–H and O–H groups in total. The van der Waals surface area contributed by atoms with Crippen LogP contribution in [0.1, 0.15) is 243 Å². The van der Waals surface area contributed by atoms with E-state index in [-0.39, 0.29) is 9.76 Å². The third-order valence-electron chi connectivity index (χ3n) is 13.6. The van der Waals surface area contributed by atoms with E-state index >= 15 is 4.21 Å². The quantitative estimate of drug-likeness (QED) is 0.0470. The summed E-state index contributed by atoms with van der Waals surface area (Å²) in [4.78, 5) is 0.239. The molecule has 0 spiro atoms. The zero-order chi connectivity index (χ0) is 45.2. The van der Waals surface area contributed by atoms with Gasteiger partial charge in [-0.05, 0) is 78.3 Å². The van der Waals surface area contributed by atoms with E-state index in [2.05, 4.69) is 52.0 Å². The maximum absolute atomic E-state index is 15.3. The lowest BCUT2D eigenvalue weighted by atomic mass is 9.69. The zero-order valence-corrected chi connectivity index (χ0v) is 42.0. The number of hydrogen-bond donors (Lipinski definition) is 1. The fourth-order valence-corrected chi connectivity index (χ4v) is 13.4. The highest BCUT2D eigenvalue weighted by Gasteiger charge is 2.42. The lowest BCUT2D eigenvalue weighted by molar-refractivity contribution is 0.394. The molecule has 63 heavy (non-hydrogen) atoms. The second kappa shape index (κ2) is 29.2. The number of hydrogen-bond acceptors (Lipinski definition) is 4. The van der Waals surface area contributed by atoms with Gasteiger partial charge in [0, 0.05) is 10.8 Å². The van der Waals surface area contributed by atoms with E-state index in [1.807, 2.05) is 36.4 Å². The van der Waals surface area contributed by atoms with Gasteiger partial charge in [-0.3, -0.25) is 4.55 Å². The van der Waals surface area contributed by atoms with E-state index in [1.54, 1.807) is 6.07 Å². The van der Waals surface area contributed by atoms with Gasteiger partial charge in [0.2, 0.25) is 10.1 Å². The van der Waals surface area contributed by atoms with Crippen molar-refractivity contribution >= 4 is 41.9 Å². The molecule has 3 aromatic rings. The molecule has 1 aliphatic carbocycles. The zero-order valence-electron chi connectivity index (χ0n) is 40.4. The third-order valence-corrected chi connectivity index (χ3v) is 17.1. The summed E-state index contributed by atoms with van der Waals surface area (Å²) in [7, 11) is -9.26. The first-order chi connectivity index (χ1) is 30.6. The van der Waals surface area contributed by atoms with Gasteiger partial charge in [0.25, 0.3) is 0 Å². The van der Waals surface area contributed by atoms with Gasteiger partial charge < -0.3 is 0 Å². The van der Waals surface area contributed by atoms with Gasteiger partial charge in [0.1, 0.15) is 4.90 Å². The Balaban J connectivity index is 1.74. The second-order valence-corrected chi connectivity index (χ2v) is 22.3. The van der Waals surface area contributed by atoms with Crippen LogP contribution in [0, 0.1) is 5.41 Å². The molecule has 0 amide bonds. The van der Waals surface area contributed by atoms with E-state index in [0.29, 0.717) is 23.8 Å². The van der Waals surface area contributed by atoms with Crippen LogP contribution in [0.4, 0.5) is 0 Å². The number of unbranched alkanes of at least 4 members (excludes halogenated alkanes) is 24. The Hall–Kier alpha value is -2.45. The fraction of sp³-hybridized carbons (Fsp3) is 0.661. The minimum absolute atomic E-state index is 0.00568. The van der Waals surface area contributed by atoms with Crippen molar-refractivity contribution < 1.29 is 20.8 Å². The maximum Gasteiger partial charge on any atom is 0.311 e. The Bertz CT molecular complexity index is 2000. The minimum atomic E-state index is -4.72. The van der Waals surface area contributed by atoms with Crippen molar-refractivity contribution in [2.24, 2.45) is 5.41 Å². The predicted molar refractivity (Wildman–Crippen MR) is 274 cm³/mol. The summed E-state index contributed by atoms with van der Waals surface area (Å²) in [5.41, 5.74) is 2.66. The first kappa shape index (κ1) is 53.2. The van der Waals surface area contributed by atoms with E-state index in [1.165, 1.54) is 116 Å². The summed E-state index contributed by atoms with van der Waals surface area (Å²) in [6.07, 6.45) is 39.7. The summed E-state index contributed by atoms with van der Waals surface area (Å²) in [6, 6.07) is 17.7. The molecule has 1 unspecified atom stereocenters. The predicted octanol–water partition coefficient (Wildman–Crippen LogP) is 17.3. The number of benzene rings is 3. The van der Waals surface area contributed by atoms with Crippen LogP contribution >= 0.6 is 0 Å². The highest BCUT2D eigenvalue weighted by Crippen LogP contribution is 2.44. The Labute approximate surface area is 387 Å². The first-order valence-corrected chi connectivity index (χ1v) is 28.9. The second-order valence-electron chi connectivity index (χ2n) is 19.0. The van der Waals surface area contributed by atoms with Crippen LogP contribution < -0.4 is 0 Å². The molecule has 4 rings (SSSR count). The van der Waals surface area contributed by atoms with Crippen LogP contribution in [0.2, 0.25) is 0 Å². The maximum atomic E-state index is 15.3. The van der Waals surface area contributed by atoms with Gasteiger partial charge >= 0.3 is 10.1 Å². The molecule has 0 fully saturated rings. The summed E-state index contributed by atoms with van der Waals surface area (Å²) in [6.45, 7) is 8.94. The van der Waals surface area contributed by atoms with Crippen molar-refractivity contribution in [2.75, 3.05) is 0 Å². The van der Waals surface area contributed by atoms with Gasteiger partial charge in [0.15, 0.2) is 0 Å². The Kier molecular flexibility index (Phi) is 24.7. The highest BCUT2D eigenvalue weighted by atomic mass is 32.3. The number of aryl methyl sites for hydroxylation is 2. The lowest BCUT2D eigenvalue weighted by Crippen LogP contribution is -2.39. The molecular formula is C56H88O5S2. The molecule has 0 saturated heterocycles. The van der Waals surface area contributed by atoms with Crippen LogP contribution in [0.3, 0.4) is 0 Å². The molecule has 0 saturated carbocycles. The highest BCUT2D eigenvalue weighted by molar-refractivity contribution is 8.03. The molecule has 0 heterocycles. The number of fused-ring (bicyclic) bond motifs is 2. The Morgan fingerprint density at radius 1 is 0.508 bits per heavy atom. The van der Waals surface area contributed by atoms with Gasteiger partial charge in [0.05, 0.1) is 4.86 Å². The van der Waals surface area contributed by atoms with Crippen LogP contribution in [0.25, 0.3) is 16.8 Å². The molecule has 1 atom stereocenters. The van der Waals surface area contributed by atoms with E-state index in [4.69, 9.17) is 3.63 Å². The lowest BCUT2D eigenvalue weighted by Gasteiger charge is -2.37. The van der Waals surface area contributed by atoms with Crippen molar-refractivity contribution in [3.8, 4) is 0 Å². The average Bonchev–Trinajstić information content (AvgIpc) is 3.27. The Morgan fingerprint density at radius 3 is 1.49 bits per heavy atom. The summed E-state index contributed by atoms with van der Waals surface area (Å²) >= 11 is 0. The normalized spacial score (nSPS) is 14.7. The molecule has 354 valence electrons. The topological polar surface area (TPSA) is 80.7 Å². The Morgan fingerprint density at radius 2 is 0.968 bits per heavy atom. The van der Waals surface area contributed by atoms with Crippen molar-refractivity contribution in [1.82, 2.24) is 0 Å². The van der Waals surface area contributed by atoms with Crippen molar-refractivity contribution in [1.29, 1.82) is 0 Å². The molecule has 3 aromatic carbocycles. The molecule has 0 aliphatic heterocycles. The number of rotatable bonds is 35. The van der Waals surface area contributed by atoms with Crippen molar-refractivity contribution in [2.45, 2.75) is 238 Å². The summed E-state index contributed by atoms with van der Waals surface area (Å²) in [5.74, 6) is 0. The van der Waals surface area contributed by atoms with Crippen LogP contribution in [-0.4, -0.2) is 22.0 Å². The van der Waals surface area contributed by atoms with Crippen LogP contribution in [0.5, 0.6) is 0 Å². The van der Waals surface area contributed by atoms with Gasteiger partial charge in [-0.1, -0.05) is 249 Å². The third kappa shape index (κ3) is 17.7. The first-order valence-electron chi connectivity index (χ1n) is 26.0. The monoisotopic (exact) mass is 905 g/mol. The largest absolute Gasteiger partial charge is 0.311 e. The summed E-state index contributed by atoms with van der Waals surface area (Å²) in [5, 5.41) is 1.40. The molecule has 7 heteroatoms. The molecule has 5 nitrogen and oxygen atoms in total. The molecule has 0 aromatic heterocycles. The van der Waals surface area contributed by atoms with E-state index < -0.39 is 25.6 Å². The summed E-state index contributed by atoms with van der Waals surface area (Å²) < 4.78 is 63.5. The molecule has 1 aliphatic rings. The SMILES string of the molecule is CCCCCCCCCc1cc(S(=O)(=O)OS(=O)(O)=C2c3ccccc3C=CC2(CCCCCCCCC)CCCCCCCCC)c2cc(CCCCCCCCC)ccc2c1.